The number of benzene rings is 1. The molecule has 1 aromatic carbocycles. The molecule has 98 valence electrons. The van der Waals surface area contributed by atoms with Gasteiger partial charge in [0.1, 0.15) is 5.69 Å². The topological polar surface area (TPSA) is 87.3 Å². The van der Waals surface area contributed by atoms with Crippen molar-refractivity contribution in [2.75, 3.05) is 0 Å². The molecule has 0 unspecified atom stereocenters. The van der Waals surface area contributed by atoms with Gasteiger partial charge in [-0.05, 0) is 19.1 Å². The van der Waals surface area contributed by atoms with Gasteiger partial charge in [0.15, 0.2) is 5.75 Å². The number of aromatic nitrogens is 2. The van der Waals surface area contributed by atoms with Crippen molar-refractivity contribution in [2.24, 2.45) is 7.05 Å². The minimum atomic E-state index is -0.578. The quantitative estimate of drug-likeness (QED) is 0.478. The summed E-state index contributed by atoms with van der Waals surface area (Å²) < 4.78 is 6.70. The average molecular weight is 261 g/mol. The summed E-state index contributed by atoms with van der Waals surface area (Å²) in [6.45, 7) is 1.72. The first-order valence-electron chi connectivity index (χ1n) is 5.44. The SMILES string of the molecule is Cc1nn(C)cc1OC(=O)c1ccc([N+](=O)[O-])cc1. The van der Waals surface area contributed by atoms with Crippen LogP contribution in [-0.2, 0) is 7.05 Å². The molecule has 1 heterocycles. The van der Waals surface area contributed by atoms with E-state index in [0.29, 0.717) is 11.4 Å². The second-order valence-electron chi connectivity index (χ2n) is 3.95. The van der Waals surface area contributed by atoms with Crippen molar-refractivity contribution >= 4 is 11.7 Å². The number of carbonyl (C=O) groups excluding carboxylic acids is 1. The molecule has 2 aromatic rings. The van der Waals surface area contributed by atoms with E-state index >= 15 is 0 Å². The Morgan fingerprint density at radius 3 is 2.47 bits per heavy atom. The molecule has 0 aliphatic heterocycles. The second kappa shape index (κ2) is 4.89. The zero-order chi connectivity index (χ0) is 14.0. The number of esters is 1. The molecule has 1 aromatic heterocycles. The molecular formula is C12H11N3O4. The van der Waals surface area contributed by atoms with Crippen LogP contribution in [0.4, 0.5) is 5.69 Å². The maximum atomic E-state index is 11.8. The summed E-state index contributed by atoms with van der Waals surface area (Å²) >= 11 is 0. The van der Waals surface area contributed by atoms with Gasteiger partial charge < -0.3 is 4.74 Å². The summed E-state index contributed by atoms with van der Waals surface area (Å²) in [6, 6.07) is 5.22. The Morgan fingerprint density at radius 2 is 2.00 bits per heavy atom. The number of nitro benzene ring substituents is 1. The standard InChI is InChI=1S/C12H11N3O4/c1-8-11(7-14(2)13-8)19-12(16)9-3-5-10(6-4-9)15(17)18/h3-7H,1-2H3. The molecule has 0 bridgehead atoms. The molecule has 0 aliphatic rings. The Balaban J connectivity index is 2.16. The first kappa shape index (κ1) is 12.7. The normalized spacial score (nSPS) is 10.2. The smallest absolute Gasteiger partial charge is 0.343 e. The maximum absolute atomic E-state index is 11.8. The van der Waals surface area contributed by atoms with Gasteiger partial charge in [-0.3, -0.25) is 14.8 Å². The number of ether oxygens (including phenoxy) is 1. The Bertz CT molecular complexity index is 631. The van der Waals surface area contributed by atoms with Crippen LogP contribution in [0.2, 0.25) is 0 Å². The number of hydrogen-bond acceptors (Lipinski definition) is 5. The fraction of sp³-hybridized carbons (Fsp3) is 0.167. The number of nitro groups is 1. The largest absolute Gasteiger partial charge is 0.419 e. The third kappa shape index (κ3) is 2.76. The zero-order valence-electron chi connectivity index (χ0n) is 10.4. The van der Waals surface area contributed by atoms with Gasteiger partial charge in [0, 0.05) is 19.2 Å². The van der Waals surface area contributed by atoms with E-state index in [1.165, 1.54) is 28.9 Å². The van der Waals surface area contributed by atoms with Crippen LogP contribution >= 0.6 is 0 Å². The molecule has 0 fully saturated rings. The first-order valence-corrected chi connectivity index (χ1v) is 5.44. The molecule has 2 rings (SSSR count). The Hall–Kier alpha value is -2.70. The van der Waals surface area contributed by atoms with Crippen molar-refractivity contribution in [2.45, 2.75) is 6.92 Å². The second-order valence-corrected chi connectivity index (χ2v) is 3.95. The molecule has 0 atom stereocenters. The minimum Gasteiger partial charge on any atom is -0.419 e. The lowest BCUT2D eigenvalue weighted by Crippen LogP contribution is -2.08. The minimum absolute atomic E-state index is 0.0749. The lowest BCUT2D eigenvalue weighted by molar-refractivity contribution is -0.384. The summed E-state index contributed by atoms with van der Waals surface area (Å²) in [4.78, 5) is 21.8. The zero-order valence-corrected chi connectivity index (χ0v) is 10.4. The van der Waals surface area contributed by atoms with Gasteiger partial charge in [0.2, 0.25) is 0 Å². The fourth-order valence-corrected chi connectivity index (χ4v) is 1.56. The third-order valence-corrected chi connectivity index (χ3v) is 2.48. The lowest BCUT2D eigenvalue weighted by atomic mass is 10.2. The van der Waals surface area contributed by atoms with Gasteiger partial charge in [-0.2, -0.15) is 5.10 Å². The highest BCUT2D eigenvalue weighted by Gasteiger charge is 2.14. The van der Waals surface area contributed by atoms with Crippen LogP contribution in [-0.4, -0.2) is 20.7 Å². The summed E-state index contributed by atoms with van der Waals surface area (Å²) in [5, 5.41) is 14.5. The van der Waals surface area contributed by atoms with Crippen molar-refractivity contribution in [3.05, 3.63) is 51.8 Å². The number of rotatable bonds is 3. The molecule has 0 saturated carbocycles. The van der Waals surface area contributed by atoms with Gasteiger partial charge in [0.05, 0.1) is 16.7 Å². The van der Waals surface area contributed by atoms with E-state index in [1.807, 2.05) is 0 Å². The molecule has 0 aliphatic carbocycles. The molecule has 0 amide bonds. The molecular weight excluding hydrogens is 250 g/mol. The molecule has 7 heteroatoms. The van der Waals surface area contributed by atoms with Crippen LogP contribution < -0.4 is 4.74 Å². The van der Waals surface area contributed by atoms with Crippen LogP contribution in [0.15, 0.2) is 30.5 Å². The molecule has 0 saturated heterocycles. The molecule has 7 nitrogen and oxygen atoms in total. The number of aryl methyl sites for hydroxylation is 2. The number of non-ortho nitro benzene ring substituents is 1. The van der Waals surface area contributed by atoms with Crippen LogP contribution in [0.1, 0.15) is 16.1 Å². The Morgan fingerprint density at radius 1 is 1.37 bits per heavy atom. The molecule has 0 spiro atoms. The average Bonchev–Trinajstić information content (AvgIpc) is 2.68. The number of nitrogens with zero attached hydrogens (tertiary/aromatic N) is 3. The van der Waals surface area contributed by atoms with Crippen molar-refractivity contribution in [3.8, 4) is 5.75 Å². The van der Waals surface area contributed by atoms with E-state index in [-0.39, 0.29) is 11.3 Å². The summed E-state index contributed by atoms with van der Waals surface area (Å²) in [5.41, 5.74) is 0.765. The van der Waals surface area contributed by atoms with Gasteiger partial charge >= 0.3 is 5.97 Å². The van der Waals surface area contributed by atoms with Gasteiger partial charge in [-0.1, -0.05) is 0 Å². The van der Waals surface area contributed by atoms with E-state index in [2.05, 4.69) is 5.10 Å². The highest BCUT2D eigenvalue weighted by Crippen LogP contribution is 2.18. The summed E-state index contributed by atoms with van der Waals surface area (Å²) in [5.74, 6) is -0.211. The lowest BCUT2D eigenvalue weighted by Gasteiger charge is -2.02. The predicted molar refractivity (Wildman–Crippen MR) is 66.0 cm³/mol. The third-order valence-electron chi connectivity index (χ3n) is 2.48. The van der Waals surface area contributed by atoms with E-state index < -0.39 is 10.9 Å². The summed E-state index contributed by atoms with van der Waals surface area (Å²) in [7, 11) is 1.72. The van der Waals surface area contributed by atoms with Gasteiger partial charge in [-0.15, -0.1) is 0 Å². The van der Waals surface area contributed by atoms with Gasteiger partial charge in [-0.25, -0.2) is 4.79 Å². The van der Waals surface area contributed by atoms with Crippen molar-refractivity contribution in [1.29, 1.82) is 0 Å². The monoisotopic (exact) mass is 261 g/mol. The van der Waals surface area contributed by atoms with Crippen LogP contribution in [0.5, 0.6) is 5.75 Å². The van der Waals surface area contributed by atoms with E-state index in [0.717, 1.165) is 0 Å². The van der Waals surface area contributed by atoms with Crippen LogP contribution in [0.25, 0.3) is 0 Å². The number of hydrogen-bond donors (Lipinski definition) is 0. The van der Waals surface area contributed by atoms with Crippen molar-refractivity contribution in [1.82, 2.24) is 9.78 Å². The fourth-order valence-electron chi connectivity index (χ4n) is 1.56. The van der Waals surface area contributed by atoms with E-state index in [1.54, 1.807) is 20.2 Å². The maximum Gasteiger partial charge on any atom is 0.343 e. The predicted octanol–water partition coefficient (Wildman–Crippen LogP) is 1.86. The Labute approximate surface area is 108 Å². The summed E-state index contributed by atoms with van der Waals surface area (Å²) in [6.07, 6.45) is 1.58. The van der Waals surface area contributed by atoms with Crippen LogP contribution in [0.3, 0.4) is 0 Å². The highest BCUT2D eigenvalue weighted by atomic mass is 16.6. The number of carbonyl (C=O) groups is 1. The van der Waals surface area contributed by atoms with E-state index in [4.69, 9.17) is 4.74 Å². The van der Waals surface area contributed by atoms with Crippen molar-refractivity contribution in [3.63, 3.8) is 0 Å². The molecule has 0 N–H and O–H groups in total. The van der Waals surface area contributed by atoms with Gasteiger partial charge in [0.25, 0.3) is 5.69 Å². The van der Waals surface area contributed by atoms with Crippen molar-refractivity contribution < 1.29 is 14.5 Å². The first-order chi connectivity index (χ1) is 8.97. The molecule has 19 heavy (non-hydrogen) atoms. The molecule has 0 radical (unpaired) electrons. The van der Waals surface area contributed by atoms with Crippen LogP contribution in [0, 0.1) is 17.0 Å². The van der Waals surface area contributed by atoms with E-state index in [9.17, 15) is 14.9 Å². The Kier molecular flexibility index (Phi) is 3.28. The highest BCUT2D eigenvalue weighted by molar-refractivity contribution is 5.91.